The van der Waals surface area contributed by atoms with Gasteiger partial charge in [-0.2, -0.15) is 0 Å². The zero-order valence-electron chi connectivity index (χ0n) is 12.4. The molecule has 3 rings (SSSR count). The van der Waals surface area contributed by atoms with Crippen LogP contribution >= 0.6 is 11.8 Å². The smallest absolute Gasteiger partial charge is 0.237 e. The summed E-state index contributed by atoms with van der Waals surface area (Å²) in [5, 5.41) is 2.33. The van der Waals surface area contributed by atoms with E-state index in [4.69, 9.17) is 0 Å². The number of hydrogen-bond donors (Lipinski definition) is 0. The topological polar surface area (TPSA) is 20.3 Å². The highest BCUT2D eigenvalue weighted by atomic mass is 32.2. The number of thioether (sulfide) groups is 1. The summed E-state index contributed by atoms with van der Waals surface area (Å²) >= 11 is 1.56. The van der Waals surface area contributed by atoms with Gasteiger partial charge in [0.05, 0.1) is 5.75 Å². The number of anilines is 1. The molecular formula is C19H17NOS. The maximum Gasteiger partial charge on any atom is 0.237 e. The van der Waals surface area contributed by atoms with Crippen molar-refractivity contribution >= 4 is 34.1 Å². The van der Waals surface area contributed by atoms with E-state index < -0.39 is 0 Å². The number of hydrogen-bond acceptors (Lipinski definition) is 2. The van der Waals surface area contributed by atoms with E-state index in [-0.39, 0.29) is 5.91 Å². The second kappa shape index (κ2) is 6.67. The van der Waals surface area contributed by atoms with Crippen LogP contribution in [0.4, 0.5) is 5.69 Å². The first-order valence-electron chi connectivity index (χ1n) is 7.17. The number of nitrogens with zero attached hydrogens (tertiary/aromatic N) is 1. The highest BCUT2D eigenvalue weighted by molar-refractivity contribution is 8.00. The van der Waals surface area contributed by atoms with Crippen molar-refractivity contribution in [3.05, 3.63) is 72.8 Å². The monoisotopic (exact) mass is 307 g/mol. The molecule has 0 bridgehead atoms. The quantitative estimate of drug-likeness (QED) is 0.657. The molecular weight excluding hydrogens is 290 g/mol. The fraction of sp³-hybridized carbons (Fsp3) is 0.105. The third kappa shape index (κ3) is 3.31. The van der Waals surface area contributed by atoms with Gasteiger partial charge in [-0.25, -0.2) is 0 Å². The molecule has 22 heavy (non-hydrogen) atoms. The highest BCUT2D eigenvalue weighted by Gasteiger charge is 2.11. The van der Waals surface area contributed by atoms with Crippen molar-refractivity contribution in [2.75, 3.05) is 17.7 Å². The lowest BCUT2D eigenvalue weighted by atomic mass is 10.1. The summed E-state index contributed by atoms with van der Waals surface area (Å²) in [6.45, 7) is 0. The van der Waals surface area contributed by atoms with Crippen molar-refractivity contribution in [3.8, 4) is 0 Å². The average molecular weight is 307 g/mol. The van der Waals surface area contributed by atoms with Gasteiger partial charge in [0.25, 0.3) is 0 Å². The predicted octanol–water partition coefficient (Wildman–Crippen LogP) is 4.59. The molecule has 0 aliphatic rings. The van der Waals surface area contributed by atoms with Crippen LogP contribution in [0.15, 0.2) is 77.7 Å². The first-order chi connectivity index (χ1) is 10.7. The van der Waals surface area contributed by atoms with Crippen molar-refractivity contribution in [2.24, 2.45) is 0 Å². The second-order valence-corrected chi connectivity index (χ2v) is 6.13. The Bertz CT molecular complexity index is 786. The molecule has 0 radical (unpaired) electrons. The summed E-state index contributed by atoms with van der Waals surface area (Å²) < 4.78 is 0. The van der Waals surface area contributed by atoms with Gasteiger partial charge in [-0.15, -0.1) is 11.8 Å². The largest absolute Gasteiger partial charge is 0.315 e. The van der Waals surface area contributed by atoms with Gasteiger partial charge in [0, 0.05) is 17.6 Å². The van der Waals surface area contributed by atoms with Crippen LogP contribution in [0.5, 0.6) is 0 Å². The third-order valence-electron chi connectivity index (χ3n) is 3.60. The Kier molecular flexibility index (Phi) is 4.45. The Hall–Kier alpha value is -2.26. The summed E-state index contributed by atoms with van der Waals surface area (Å²) in [5.74, 6) is 0.539. The van der Waals surface area contributed by atoms with Gasteiger partial charge in [-0.3, -0.25) is 4.79 Å². The molecule has 0 aliphatic carbocycles. The Morgan fingerprint density at radius 3 is 2.36 bits per heavy atom. The number of benzene rings is 3. The molecule has 2 nitrogen and oxygen atoms in total. The predicted molar refractivity (Wildman–Crippen MR) is 94.5 cm³/mol. The molecule has 0 unspecified atom stereocenters. The molecule has 1 amide bonds. The zero-order valence-corrected chi connectivity index (χ0v) is 13.2. The van der Waals surface area contributed by atoms with Crippen LogP contribution in [0, 0.1) is 0 Å². The van der Waals surface area contributed by atoms with Gasteiger partial charge in [-0.1, -0.05) is 48.5 Å². The number of carbonyl (C=O) groups is 1. The van der Waals surface area contributed by atoms with Crippen molar-refractivity contribution in [1.29, 1.82) is 0 Å². The van der Waals surface area contributed by atoms with Crippen molar-refractivity contribution < 1.29 is 4.79 Å². The molecule has 0 atom stereocenters. The SMILES string of the molecule is CN(C(=O)CSc1ccccc1)c1ccc2ccccc2c1. The van der Waals surface area contributed by atoms with Crippen molar-refractivity contribution in [1.82, 2.24) is 0 Å². The average Bonchev–Trinajstić information content (AvgIpc) is 2.59. The first-order valence-corrected chi connectivity index (χ1v) is 8.16. The van der Waals surface area contributed by atoms with Gasteiger partial charge < -0.3 is 4.90 Å². The minimum atomic E-state index is 0.101. The van der Waals surface area contributed by atoms with Crippen LogP contribution in [-0.2, 0) is 4.79 Å². The molecule has 0 saturated carbocycles. The first kappa shape index (κ1) is 14.7. The van der Waals surface area contributed by atoms with E-state index in [1.165, 1.54) is 5.39 Å². The molecule has 3 aromatic rings. The fourth-order valence-electron chi connectivity index (χ4n) is 2.29. The number of carbonyl (C=O) groups excluding carboxylic acids is 1. The second-order valence-electron chi connectivity index (χ2n) is 5.09. The number of fused-ring (bicyclic) bond motifs is 1. The van der Waals surface area contributed by atoms with Gasteiger partial charge >= 0.3 is 0 Å². The minimum Gasteiger partial charge on any atom is -0.315 e. The van der Waals surface area contributed by atoms with Gasteiger partial charge in [-0.05, 0) is 35.0 Å². The maximum absolute atomic E-state index is 12.4. The van der Waals surface area contributed by atoms with Crippen LogP contribution in [0.2, 0.25) is 0 Å². The summed E-state index contributed by atoms with van der Waals surface area (Å²) in [4.78, 5) is 15.2. The van der Waals surface area contributed by atoms with Crippen LogP contribution in [0.25, 0.3) is 10.8 Å². The normalized spacial score (nSPS) is 10.6. The Balaban J connectivity index is 1.71. The zero-order chi connectivity index (χ0) is 15.4. The van der Waals surface area contributed by atoms with Crippen LogP contribution < -0.4 is 4.90 Å². The Labute approximate surface area is 134 Å². The fourth-order valence-corrected chi connectivity index (χ4v) is 3.12. The summed E-state index contributed by atoms with van der Waals surface area (Å²) in [5.41, 5.74) is 0.928. The molecule has 0 fully saturated rings. The Morgan fingerprint density at radius 1 is 0.909 bits per heavy atom. The summed E-state index contributed by atoms with van der Waals surface area (Å²) in [6, 6.07) is 24.3. The van der Waals surface area contributed by atoms with Crippen LogP contribution in [-0.4, -0.2) is 18.7 Å². The standard InChI is InChI=1S/C19H17NOS/c1-20(19(21)14-22-18-9-3-2-4-10-18)17-12-11-15-7-5-6-8-16(15)13-17/h2-13H,14H2,1H3. The summed E-state index contributed by atoms with van der Waals surface area (Å²) in [7, 11) is 1.83. The minimum absolute atomic E-state index is 0.101. The van der Waals surface area contributed by atoms with Crippen LogP contribution in [0.1, 0.15) is 0 Å². The molecule has 3 aromatic carbocycles. The molecule has 0 aliphatic heterocycles. The number of amides is 1. The summed E-state index contributed by atoms with van der Waals surface area (Å²) in [6.07, 6.45) is 0. The lowest BCUT2D eigenvalue weighted by Crippen LogP contribution is -2.27. The van der Waals surface area contributed by atoms with Crippen molar-refractivity contribution in [3.63, 3.8) is 0 Å². The van der Waals surface area contributed by atoms with E-state index in [2.05, 4.69) is 24.3 Å². The van der Waals surface area contributed by atoms with Crippen molar-refractivity contribution in [2.45, 2.75) is 4.90 Å². The highest BCUT2D eigenvalue weighted by Crippen LogP contribution is 2.23. The maximum atomic E-state index is 12.4. The molecule has 0 heterocycles. The van der Waals surface area contributed by atoms with Gasteiger partial charge in [0.15, 0.2) is 0 Å². The lowest BCUT2D eigenvalue weighted by Gasteiger charge is -2.17. The van der Waals surface area contributed by atoms with Crippen LogP contribution in [0.3, 0.4) is 0 Å². The van der Waals surface area contributed by atoms with E-state index in [0.717, 1.165) is 16.0 Å². The van der Waals surface area contributed by atoms with E-state index in [1.807, 2.05) is 55.6 Å². The molecule has 3 heteroatoms. The third-order valence-corrected chi connectivity index (χ3v) is 4.60. The van der Waals surface area contributed by atoms with E-state index in [1.54, 1.807) is 16.7 Å². The van der Waals surface area contributed by atoms with Gasteiger partial charge in [0.2, 0.25) is 5.91 Å². The number of rotatable bonds is 4. The molecule has 0 spiro atoms. The Morgan fingerprint density at radius 2 is 1.59 bits per heavy atom. The molecule has 0 N–H and O–H groups in total. The molecule has 0 aromatic heterocycles. The lowest BCUT2D eigenvalue weighted by molar-refractivity contribution is -0.115. The van der Waals surface area contributed by atoms with E-state index in [9.17, 15) is 4.79 Å². The van der Waals surface area contributed by atoms with Gasteiger partial charge in [0.1, 0.15) is 0 Å². The molecule has 110 valence electrons. The van der Waals surface area contributed by atoms with E-state index in [0.29, 0.717) is 5.75 Å². The van der Waals surface area contributed by atoms with E-state index >= 15 is 0 Å². The molecule has 0 saturated heterocycles.